The van der Waals surface area contributed by atoms with E-state index in [2.05, 4.69) is 21.2 Å². The van der Waals surface area contributed by atoms with E-state index >= 15 is 0 Å². The highest BCUT2D eigenvalue weighted by Gasteiger charge is 2.34. The normalized spacial score (nSPS) is 22.2. The smallest absolute Gasteiger partial charge is 0.308 e. The number of carbonyl (C=O) groups excluding carboxylic acids is 1. The van der Waals surface area contributed by atoms with E-state index in [0.717, 1.165) is 6.42 Å². The quantitative estimate of drug-likeness (QED) is 0.895. The summed E-state index contributed by atoms with van der Waals surface area (Å²) in [4.78, 5) is 23.0. The first-order valence-electron chi connectivity index (χ1n) is 5.98. The van der Waals surface area contributed by atoms with Gasteiger partial charge < -0.3 is 10.4 Å². The van der Waals surface area contributed by atoms with Crippen molar-refractivity contribution in [1.29, 1.82) is 0 Å². The van der Waals surface area contributed by atoms with Crippen LogP contribution in [0.5, 0.6) is 0 Å². The van der Waals surface area contributed by atoms with E-state index in [1.807, 2.05) is 0 Å². The number of amides is 1. The number of hydrogen-bond donors (Lipinski definition) is 2. The molecule has 1 saturated carbocycles. The standard InChI is InChI=1S/C13H13BrFNO3/c14-9-5-1-4-8(11(9)15)12(17)16-10-6-2-3-7(10)13(18)19/h1,4-5,7,10H,2-3,6H2,(H,16,17)(H,18,19). The Morgan fingerprint density at radius 1 is 1.37 bits per heavy atom. The third kappa shape index (κ3) is 2.94. The second-order valence-electron chi connectivity index (χ2n) is 4.56. The second-order valence-corrected chi connectivity index (χ2v) is 5.41. The van der Waals surface area contributed by atoms with Crippen molar-refractivity contribution in [3.05, 3.63) is 34.1 Å². The van der Waals surface area contributed by atoms with Gasteiger partial charge in [0, 0.05) is 6.04 Å². The van der Waals surface area contributed by atoms with E-state index in [1.165, 1.54) is 12.1 Å². The molecule has 4 nitrogen and oxygen atoms in total. The fourth-order valence-corrected chi connectivity index (χ4v) is 2.72. The Balaban J connectivity index is 2.13. The molecule has 0 spiro atoms. The number of benzene rings is 1. The van der Waals surface area contributed by atoms with Crippen LogP contribution in [-0.2, 0) is 4.79 Å². The van der Waals surface area contributed by atoms with E-state index < -0.39 is 29.7 Å². The molecular formula is C13H13BrFNO3. The number of nitrogens with one attached hydrogen (secondary N) is 1. The van der Waals surface area contributed by atoms with Crippen molar-refractivity contribution in [2.45, 2.75) is 25.3 Å². The third-order valence-electron chi connectivity index (χ3n) is 3.35. The van der Waals surface area contributed by atoms with E-state index in [1.54, 1.807) is 6.07 Å². The maximum absolute atomic E-state index is 13.8. The Morgan fingerprint density at radius 3 is 2.79 bits per heavy atom. The van der Waals surface area contributed by atoms with Gasteiger partial charge in [-0.15, -0.1) is 0 Å². The predicted molar refractivity (Wildman–Crippen MR) is 70.3 cm³/mol. The maximum atomic E-state index is 13.8. The van der Waals surface area contributed by atoms with Crippen LogP contribution in [0.25, 0.3) is 0 Å². The number of rotatable bonds is 3. The van der Waals surface area contributed by atoms with E-state index in [4.69, 9.17) is 5.11 Å². The molecule has 0 radical (unpaired) electrons. The van der Waals surface area contributed by atoms with Crippen LogP contribution in [0.1, 0.15) is 29.6 Å². The minimum absolute atomic E-state index is 0.0783. The molecule has 0 aromatic heterocycles. The van der Waals surface area contributed by atoms with E-state index in [0.29, 0.717) is 12.8 Å². The summed E-state index contributed by atoms with van der Waals surface area (Å²) < 4.78 is 14.0. The molecule has 1 fully saturated rings. The van der Waals surface area contributed by atoms with Gasteiger partial charge in [-0.25, -0.2) is 4.39 Å². The number of halogens is 2. The van der Waals surface area contributed by atoms with Gasteiger partial charge >= 0.3 is 5.97 Å². The number of hydrogen-bond acceptors (Lipinski definition) is 2. The number of carbonyl (C=O) groups is 2. The van der Waals surface area contributed by atoms with Crippen molar-refractivity contribution < 1.29 is 19.1 Å². The van der Waals surface area contributed by atoms with Gasteiger partial charge in [0.15, 0.2) is 0 Å². The Kier molecular flexibility index (Phi) is 4.19. The molecule has 1 amide bonds. The van der Waals surface area contributed by atoms with Crippen LogP contribution in [-0.4, -0.2) is 23.0 Å². The zero-order valence-corrected chi connectivity index (χ0v) is 11.6. The minimum atomic E-state index is -0.919. The van der Waals surface area contributed by atoms with Crippen LogP contribution in [0.3, 0.4) is 0 Å². The molecule has 19 heavy (non-hydrogen) atoms. The summed E-state index contributed by atoms with van der Waals surface area (Å²) in [6.45, 7) is 0. The molecule has 0 aliphatic heterocycles. The lowest BCUT2D eigenvalue weighted by Crippen LogP contribution is -2.40. The van der Waals surface area contributed by atoms with Crippen molar-refractivity contribution in [3.8, 4) is 0 Å². The molecule has 2 unspecified atom stereocenters. The van der Waals surface area contributed by atoms with Crippen LogP contribution < -0.4 is 5.32 Å². The van der Waals surface area contributed by atoms with E-state index in [-0.39, 0.29) is 10.0 Å². The zero-order chi connectivity index (χ0) is 14.0. The highest BCUT2D eigenvalue weighted by atomic mass is 79.9. The van der Waals surface area contributed by atoms with Gasteiger partial charge in [0.2, 0.25) is 0 Å². The summed E-state index contributed by atoms with van der Waals surface area (Å²) in [5, 5.41) is 11.6. The second kappa shape index (κ2) is 5.69. The molecule has 2 atom stereocenters. The summed E-state index contributed by atoms with van der Waals surface area (Å²) in [7, 11) is 0. The summed E-state index contributed by atoms with van der Waals surface area (Å²) in [6, 6.07) is 4.01. The average Bonchev–Trinajstić information content (AvgIpc) is 2.80. The summed E-state index contributed by atoms with van der Waals surface area (Å²) in [6.07, 6.45) is 1.91. The molecule has 1 aromatic rings. The van der Waals surface area contributed by atoms with Gasteiger partial charge in [-0.3, -0.25) is 9.59 Å². The fraction of sp³-hybridized carbons (Fsp3) is 0.385. The lowest BCUT2D eigenvalue weighted by atomic mass is 10.0. The molecule has 6 heteroatoms. The van der Waals surface area contributed by atoms with Gasteiger partial charge in [0.1, 0.15) is 5.82 Å². The molecule has 1 aliphatic carbocycles. The van der Waals surface area contributed by atoms with Crippen molar-refractivity contribution in [2.75, 3.05) is 0 Å². The number of carboxylic acid groups (broad SMARTS) is 1. The van der Waals surface area contributed by atoms with Crippen molar-refractivity contribution >= 4 is 27.8 Å². The summed E-state index contributed by atoms with van der Waals surface area (Å²) >= 11 is 3.01. The molecule has 2 rings (SSSR count). The molecule has 1 aliphatic rings. The van der Waals surface area contributed by atoms with Gasteiger partial charge in [-0.2, -0.15) is 0 Å². The highest BCUT2D eigenvalue weighted by Crippen LogP contribution is 2.26. The first kappa shape index (κ1) is 14.0. The molecule has 0 bridgehead atoms. The molecule has 0 heterocycles. The largest absolute Gasteiger partial charge is 0.481 e. The molecule has 102 valence electrons. The van der Waals surface area contributed by atoms with Crippen LogP contribution in [0.2, 0.25) is 0 Å². The summed E-state index contributed by atoms with van der Waals surface area (Å²) in [5.41, 5.74) is -0.0783. The average molecular weight is 330 g/mol. The van der Waals surface area contributed by atoms with Crippen LogP contribution in [0, 0.1) is 11.7 Å². The molecule has 2 N–H and O–H groups in total. The van der Waals surface area contributed by atoms with Crippen molar-refractivity contribution in [1.82, 2.24) is 5.32 Å². The monoisotopic (exact) mass is 329 g/mol. The van der Waals surface area contributed by atoms with Crippen molar-refractivity contribution in [2.24, 2.45) is 5.92 Å². The van der Waals surface area contributed by atoms with Gasteiger partial charge in [0.05, 0.1) is 16.0 Å². The van der Waals surface area contributed by atoms with Crippen molar-refractivity contribution in [3.63, 3.8) is 0 Å². The Hall–Kier alpha value is -1.43. The molecule has 1 aromatic carbocycles. The lowest BCUT2D eigenvalue weighted by molar-refractivity contribution is -0.142. The molecule has 0 saturated heterocycles. The van der Waals surface area contributed by atoms with Gasteiger partial charge in [-0.1, -0.05) is 12.5 Å². The summed E-state index contributed by atoms with van der Waals surface area (Å²) in [5.74, 6) is -2.71. The maximum Gasteiger partial charge on any atom is 0.308 e. The zero-order valence-electron chi connectivity index (χ0n) is 10.0. The Bertz CT molecular complexity index is 521. The number of aliphatic carboxylic acids is 1. The minimum Gasteiger partial charge on any atom is -0.481 e. The van der Waals surface area contributed by atoms with Gasteiger partial charge in [-0.05, 0) is 40.9 Å². The Morgan fingerprint density at radius 2 is 2.11 bits per heavy atom. The molecular weight excluding hydrogens is 317 g/mol. The SMILES string of the molecule is O=C(NC1CCCC1C(=O)O)c1cccc(Br)c1F. The third-order valence-corrected chi connectivity index (χ3v) is 3.96. The van der Waals surface area contributed by atoms with Crippen LogP contribution >= 0.6 is 15.9 Å². The topological polar surface area (TPSA) is 66.4 Å². The van der Waals surface area contributed by atoms with E-state index in [9.17, 15) is 14.0 Å². The lowest BCUT2D eigenvalue weighted by Gasteiger charge is -2.17. The van der Waals surface area contributed by atoms with Crippen LogP contribution in [0.4, 0.5) is 4.39 Å². The predicted octanol–water partition coefficient (Wildman–Crippen LogP) is 2.57. The van der Waals surface area contributed by atoms with Gasteiger partial charge in [0.25, 0.3) is 5.91 Å². The van der Waals surface area contributed by atoms with Crippen LogP contribution in [0.15, 0.2) is 22.7 Å². The first-order valence-corrected chi connectivity index (χ1v) is 6.77. The number of carboxylic acids is 1. The fourth-order valence-electron chi connectivity index (χ4n) is 2.35. The Labute approximate surface area is 118 Å². The first-order chi connectivity index (χ1) is 9.00. The highest BCUT2D eigenvalue weighted by molar-refractivity contribution is 9.10.